The van der Waals surface area contributed by atoms with E-state index in [0.717, 1.165) is 18.4 Å². The van der Waals surface area contributed by atoms with E-state index in [0.29, 0.717) is 24.0 Å². The quantitative estimate of drug-likeness (QED) is 0.0175. The van der Waals surface area contributed by atoms with E-state index in [2.05, 4.69) is 52.3 Å². The molecule has 536 valence electrons. The molecule has 32 heteroatoms. The molecule has 95 heavy (non-hydrogen) atoms. The van der Waals surface area contributed by atoms with Gasteiger partial charge in [-0.15, -0.1) is 24.8 Å². The number of hydrogen-bond donors (Lipinski definition) is 8. The normalized spacial score (nSPS) is 31.5. The van der Waals surface area contributed by atoms with E-state index >= 15 is 0 Å². The maximum atomic E-state index is 12.1. The van der Waals surface area contributed by atoms with E-state index in [1.54, 1.807) is 102 Å². The van der Waals surface area contributed by atoms with Crippen molar-refractivity contribution < 1.29 is 116 Å². The zero-order chi connectivity index (χ0) is 81.5. The number of ether oxygens (including phenoxy) is 6. The van der Waals surface area contributed by atoms with E-state index in [1.807, 2.05) is 44.2 Å². The number of nitrogens with zero attached hydrogens (tertiary/aromatic N) is 2. The van der Waals surface area contributed by atoms with Gasteiger partial charge in [-0.1, -0.05) is 114 Å². The third-order valence-electron chi connectivity index (χ3n) is 15.6. The van der Waals surface area contributed by atoms with Crippen LogP contribution in [0.4, 0.5) is 0 Å². The van der Waals surface area contributed by atoms with Gasteiger partial charge in [-0.2, -0.15) is 16.8 Å². The first-order valence-corrected chi connectivity index (χ1v) is 33.5. The maximum absolute atomic E-state index is 12.1. The van der Waals surface area contributed by atoms with Gasteiger partial charge >= 0.3 is 23.9 Å². The van der Waals surface area contributed by atoms with Crippen LogP contribution in [-0.2, 0) is 77.4 Å². The van der Waals surface area contributed by atoms with E-state index in [1.165, 1.54) is 21.0 Å². The predicted molar refractivity (Wildman–Crippen MR) is 370 cm³/mol. The number of halogens is 4. The summed E-state index contributed by atoms with van der Waals surface area (Å²) in [6.45, 7) is 5.26. The molecular formula is C63H93Br2Cl2N5O21S2. The molecule has 4 aliphatic carbocycles. The molecule has 9 rings (SSSR count). The molecule has 26 nitrogen and oxygen atoms in total. The summed E-state index contributed by atoms with van der Waals surface area (Å²) in [6, 6.07) is 15.8. The highest BCUT2D eigenvalue weighted by molar-refractivity contribution is 9.10. The summed E-state index contributed by atoms with van der Waals surface area (Å²) >= 11 is 6.71. The molecule has 2 heterocycles. The number of aliphatic hydroxyl groups is 2. The van der Waals surface area contributed by atoms with Crippen LogP contribution in [-0.4, -0.2) is 191 Å². The average molecular weight is 1560 g/mol. The summed E-state index contributed by atoms with van der Waals surface area (Å²) in [6.07, 6.45) is 1.67. The number of hydrogen-bond acceptors (Lipinski definition) is 23. The lowest BCUT2D eigenvalue weighted by atomic mass is 9.70. The first-order valence-electron chi connectivity index (χ1n) is 34.4. The van der Waals surface area contributed by atoms with Crippen LogP contribution in [0.3, 0.4) is 0 Å². The van der Waals surface area contributed by atoms with E-state index < -0.39 is 134 Å². The monoisotopic (exact) mass is 1560 g/mol. The third kappa shape index (κ3) is 24.5. The SMILES string of the molecule is COC(=N)c1ccccc1.C[C@]12CC[C@H]([C@H](Br)C1=O)[C@@]2(C)CS(=O)(=O)O.C[C@]12CC[C@H]([C@H](Br)C1=O)[C@@]2(C)CS(=O)(=O)O.Cl.Cl.[2H]C([2H])(O)C([2H])(N)C(=O)O.[2H]C([2H])(O)C([2H])(N)C(=O)OC(C)C.[2H]C1([2H])OC(c2ccccc2)=NC1([2H])C(=O)OC(C)C.[2H]C1([2H])OC(c2ccccc2)=N[C@@]1([2H])C(=O)OC(C)C.[HH]. The molecule has 0 aromatic heterocycles. The Morgan fingerprint density at radius 2 is 1.00 bits per heavy atom. The number of alkyl halides is 2. The fraction of sp³-hybridized carbons (Fsp3) is 0.571. The zero-order valence-electron chi connectivity index (χ0n) is 65.7. The number of fused-ring (bicyclic) bond motifs is 4. The Bertz CT molecular complexity index is 3760. The summed E-state index contributed by atoms with van der Waals surface area (Å²) in [5, 5.41) is 32.4. The van der Waals surface area contributed by atoms with Gasteiger partial charge in [0.15, 0.2) is 23.6 Å². The maximum Gasteiger partial charge on any atom is 0.334 e. The van der Waals surface area contributed by atoms with Gasteiger partial charge in [0.2, 0.25) is 17.7 Å². The highest BCUT2D eigenvalue weighted by Gasteiger charge is 2.70. The van der Waals surface area contributed by atoms with Gasteiger partial charge < -0.3 is 55.2 Å². The molecule has 12 atom stereocenters. The number of nitrogens with two attached hydrogens (primary N) is 2. The van der Waals surface area contributed by atoms with Crippen LogP contribution in [0.5, 0.6) is 0 Å². The molecule has 4 saturated carbocycles. The number of carboxylic acids is 1. The number of aliphatic imine (C=N–C) groups is 2. The van der Waals surface area contributed by atoms with Crippen molar-refractivity contribution in [3.05, 3.63) is 108 Å². The minimum Gasteiger partial charge on any atom is -0.481 e. The lowest BCUT2D eigenvalue weighted by molar-refractivity contribution is -0.150. The van der Waals surface area contributed by atoms with Gasteiger partial charge in [-0.3, -0.25) is 33.7 Å². The number of carboxylic acid groups (broad SMARTS) is 1. The number of Topliss-reactive ketones (excluding diaryl/α,β-unsaturated/α-hetero) is 2. The van der Waals surface area contributed by atoms with Crippen molar-refractivity contribution in [3.63, 3.8) is 0 Å². The molecule has 3 unspecified atom stereocenters. The summed E-state index contributed by atoms with van der Waals surface area (Å²) < 4.78 is 178. The number of rotatable bonds is 16. The molecule has 0 saturated heterocycles. The summed E-state index contributed by atoms with van der Waals surface area (Å²) in [5.74, 6) is -5.77. The second-order valence-corrected chi connectivity index (χ2v) is 27.9. The number of carbonyl (C=O) groups is 6. The van der Waals surface area contributed by atoms with Crippen molar-refractivity contribution in [2.45, 2.75) is 147 Å². The van der Waals surface area contributed by atoms with Gasteiger partial charge in [0.1, 0.15) is 25.2 Å². The minimum absolute atomic E-state index is 0. The zero-order valence-corrected chi connectivity index (χ0v) is 60.1. The molecular weight excluding hydrogens is 1460 g/mol. The van der Waals surface area contributed by atoms with Crippen LogP contribution in [0, 0.1) is 38.9 Å². The molecule has 2 aliphatic heterocycles. The van der Waals surface area contributed by atoms with Gasteiger partial charge in [0, 0.05) is 39.8 Å². The van der Waals surface area contributed by atoms with Gasteiger partial charge in [-0.25, -0.2) is 19.6 Å². The second kappa shape index (κ2) is 38.6. The predicted octanol–water partition coefficient (Wildman–Crippen LogP) is 7.25. The number of esters is 3. The number of methoxy groups -OCH3 is 1. The Balaban J connectivity index is 0.00000125. The highest BCUT2D eigenvalue weighted by atomic mass is 79.9. The van der Waals surface area contributed by atoms with E-state index in [4.69, 9.17) is 75.7 Å². The van der Waals surface area contributed by atoms with Crippen molar-refractivity contribution in [1.82, 2.24) is 0 Å². The number of carbonyl (C=O) groups excluding carboxylic acids is 5. The lowest BCUT2D eigenvalue weighted by Crippen LogP contribution is -2.40. The van der Waals surface area contributed by atoms with Crippen molar-refractivity contribution in [3.8, 4) is 0 Å². The smallest absolute Gasteiger partial charge is 0.334 e. The van der Waals surface area contributed by atoms with Crippen LogP contribution in [0.1, 0.15) is 129 Å². The minimum atomic E-state index is -4.05. The number of benzene rings is 3. The van der Waals surface area contributed by atoms with Crippen LogP contribution in [0.15, 0.2) is 101 Å². The van der Waals surface area contributed by atoms with Crippen LogP contribution in [0.25, 0.3) is 0 Å². The number of ketones is 2. The Morgan fingerprint density at radius 1 is 0.674 bits per heavy atom. The Morgan fingerprint density at radius 3 is 1.25 bits per heavy atom. The largest absolute Gasteiger partial charge is 0.481 e. The fourth-order valence-corrected chi connectivity index (χ4v) is 15.9. The standard InChI is InChI=1S/2C13H15NO3.2C10H15BrO4S.C8H9NO.C6H13NO3.C3H7NO3.2ClH.H2/c2*1-9(2)17-13(15)11-8-16-12(14-11)10-6-4-3-5-7-10;2*1-9-4-3-6(7(11)8(9)12)10(9,2)5-16(13,14)15;1-10-8(9)7-5-3-2-4-6-7;1-4(2)10-6(9)5(7)3-8;4-2(1-5)3(6)7;;;/h2*3-7,9,11H,8H2,1-2H3;2*6-7H,3-5H2,1-2H3,(H,13,14,15);2-6,9H,1H3;4-5,8H,3,7H2,1-2H3;2,5H,1,4H2,(H,6,7);3*1H/t11-;;2*6-,7+,9+,10-;;;;;;/m1.11....../s1/i2*8D2,11D;;;;3D2,5D;1D2,2D;;;. The molecule has 3 aromatic rings. The summed E-state index contributed by atoms with van der Waals surface area (Å²) in [5.41, 5.74) is 8.81. The summed E-state index contributed by atoms with van der Waals surface area (Å²) in [4.78, 5) is 76.0. The van der Waals surface area contributed by atoms with Crippen molar-refractivity contribution in [2.24, 2.45) is 54.9 Å². The second-order valence-electron chi connectivity index (χ2n) is 23.1. The number of nitrogens with one attached hydrogen (secondary N) is 1. The van der Waals surface area contributed by atoms with Gasteiger partial charge in [-0.05, 0) is 115 Å². The Hall–Kier alpha value is -5.51. The molecule has 4 bridgehead atoms. The molecule has 0 radical (unpaired) electrons. The molecule has 10 N–H and O–H groups in total. The van der Waals surface area contributed by atoms with Crippen LogP contribution < -0.4 is 11.5 Å². The van der Waals surface area contributed by atoms with Gasteiger partial charge in [0.05, 0.1) is 76.1 Å². The molecule has 0 spiro atoms. The topological polar surface area (TPSA) is 428 Å². The number of aliphatic carboxylic acids is 1. The molecule has 0 amide bonds. The van der Waals surface area contributed by atoms with Crippen LogP contribution >= 0.6 is 56.7 Å². The fourth-order valence-electron chi connectivity index (χ4n) is 10.6. The summed E-state index contributed by atoms with van der Waals surface area (Å²) in [7, 11) is -6.60. The molecule has 6 aliphatic rings. The highest BCUT2D eigenvalue weighted by Crippen LogP contribution is 2.67. The Kier molecular flexibility index (Phi) is 27.6. The molecule has 3 aromatic carbocycles. The first-order chi connectivity index (χ1) is 47.4. The van der Waals surface area contributed by atoms with Crippen molar-refractivity contribution >= 4 is 130 Å². The van der Waals surface area contributed by atoms with Crippen molar-refractivity contribution in [2.75, 3.05) is 44.9 Å². The molecule has 4 fully saturated rings. The third-order valence-corrected chi connectivity index (χ3v) is 19.7. The average Bonchev–Trinajstić information content (AvgIpc) is 1.54. The lowest BCUT2D eigenvalue weighted by Gasteiger charge is -2.35. The first kappa shape index (κ1) is 68.0. The van der Waals surface area contributed by atoms with Crippen molar-refractivity contribution in [1.29, 1.82) is 5.41 Å². The van der Waals surface area contributed by atoms with E-state index in [-0.39, 0.29) is 88.5 Å². The van der Waals surface area contributed by atoms with Gasteiger partial charge in [0.25, 0.3) is 20.2 Å². The Labute approximate surface area is 603 Å². The van der Waals surface area contributed by atoms with E-state index in [9.17, 15) is 45.6 Å². The van der Waals surface area contributed by atoms with Crippen LogP contribution in [0.2, 0.25) is 0 Å².